The molecule has 3 nitrogen and oxygen atoms in total. The zero-order chi connectivity index (χ0) is 6.41. The fourth-order valence-corrected chi connectivity index (χ4v) is 0.583. The van der Waals surface area contributed by atoms with Gasteiger partial charge in [0.15, 0.2) is 0 Å². The van der Waals surface area contributed by atoms with Gasteiger partial charge in [-0.15, -0.1) is 6.58 Å². The van der Waals surface area contributed by atoms with Crippen LogP contribution in [0.4, 0.5) is 0 Å². The SMILES string of the molecule is C=CCNC[P+](=O)O. The summed E-state index contributed by atoms with van der Waals surface area (Å²) in [5, 5.41) is 2.68. The predicted octanol–water partition coefficient (Wildman–Crippen LogP) is 0.454. The number of rotatable bonds is 4. The monoisotopic (exact) mass is 134 g/mol. The van der Waals surface area contributed by atoms with Gasteiger partial charge in [-0.05, 0) is 4.57 Å². The topological polar surface area (TPSA) is 49.3 Å². The molecular formula is C4H9NO2P+. The van der Waals surface area contributed by atoms with Crippen molar-refractivity contribution in [1.82, 2.24) is 5.32 Å². The summed E-state index contributed by atoms with van der Waals surface area (Å²) in [5.41, 5.74) is 0. The average Bonchev–Trinajstić information content (AvgIpc) is 1.66. The van der Waals surface area contributed by atoms with Crippen molar-refractivity contribution >= 4 is 8.03 Å². The number of nitrogens with one attached hydrogen (secondary N) is 1. The standard InChI is InChI=1S/C4H8NO2P/c1-2-3-5-4-8(6)7/h2,5H,1,3-4H2/p+1. The number of hydrogen-bond acceptors (Lipinski definition) is 2. The van der Waals surface area contributed by atoms with Crippen molar-refractivity contribution in [2.45, 2.75) is 0 Å². The minimum absolute atomic E-state index is 0.154. The van der Waals surface area contributed by atoms with Crippen LogP contribution in [-0.2, 0) is 4.57 Å². The zero-order valence-electron chi connectivity index (χ0n) is 4.50. The van der Waals surface area contributed by atoms with Gasteiger partial charge in [0.1, 0.15) is 0 Å². The molecule has 0 bridgehead atoms. The smallest absolute Gasteiger partial charge is 0.270 e. The van der Waals surface area contributed by atoms with E-state index in [1.54, 1.807) is 6.08 Å². The summed E-state index contributed by atoms with van der Waals surface area (Å²) in [7, 11) is -2.02. The molecule has 0 saturated heterocycles. The predicted molar refractivity (Wildman–Crippen MR) is 32.9 cm³/mol. The highest BCUT2D eigenvalue weighted by molar-refractivity contribution is 7.37. The van der Waals surface area contributed by atoms with Crippen LogP contribution in [-0.4, -0.2) is 17.7 Å². The minimum atomic E-state index is -2.02. The van der Waals surface area contributed by atoms with Gasteiger partial charge in [0, 0.05) is 6.54 Å². The highest BCUT2D eigenvalue weighted by Crippen LogP contribution is 2.07. The van der Waals surface area contributed by atoms with Crippen LogP contribution in [0.25, 0.3) is 0 Å². The maximum absolute atomic E-state index is 9.93. The summed E-state index contributed by atoms with van der Waals surface area (Å²) in [5.74, 6) is 0. The molecule has 0 radical (unpaired) electrons. The van der Waals surface area contributed by atoms with E-state index in [2.05, 4.69) is 11.9 Å². The highest BCUT2D eigenvalue weighted by atomic mass is 31.1. The van der Waals surface area contributed by atoms with E-state index in [0.717, 1.165) is 0 Å². The van der Waals surface area contributed by atoms with Gasteiger partial charge in [0.2, 0.25) is 6.29 Å². The Morgan fingerprint density at radius 2 is 2.50 bits per heavy atom. The summed E-state index contributed by atoms with van der Waals surface area (Å²) in [6.07, 6.45) is 1.79. The highest BCUT2D eigenvalue weighted by Gasteiger charge is 2.05. The Labute approximate surface area is 49.3 Å². The van der Waals surface area contributed by atoms with Gasteiger partial charge in [-0.1, -0.05) is 6.08 Å². The van der Waals surface area contributed by atoms with Crippen LogP contribution in [0.1, 0.15) is 0 Å². The molecule has 4 heteroatoms. The van der Waals surface area contributed by atoms with Gasteiger partial charge in [0.05, 0.1) is 0 Å². The summed E-state index contributed by atoms with van der Waals surface area (Å²) in [6, 6.07) is 0. The molecule has 0 aromatic heterocycles. The Morgan fingerprint density at radius 3 is 2.88 bits per heavy atom. The van der Waals surface area contributed by atoms with E-state index in [4.69, 9.17) is 4.89 Å². The van der Waals surface area contributed by atoms with Crippen LogP contribution in [0.3, 0.4) is 0 Å². The van der Waals surface area contributed by atoms with E-state index in [1.165, 1.54) is 0 Å². The maximum atomic E-state index is 9.93. The van der Waals surface area contributed by atoms with E-state index in [-0.39, 0.29) is 6.29 Å². The van der Waals surface area contributed by atoms with Crippen molar-refractivity contribution in [2.75, 3.05) is 12.8 Å². The van der Waals surface area contributed by atoms with E-state index >= 15 is 0 Å². The normalized spacial score (nSPS) is 10.9. The first-order valence-corrected chi connectivity index (χ1v) is 3.62. The van der Waals surface area contributed by atoms with Crippen LogP contribution in [0.5, 0.6) is 0 Å². The lowest BCUT2D eigenvalue weighted by Gasteiger charge is -1.84. The first kappa shape index (κ1) is 7.76. The molecule has 1 unspecified atom stereocenters. The van der Waals surface area contributed by atoms with Crippen LogP contribution in [0.2, 0.25) is 0 Å². The quantitative estimate of drug-likeness (QED) is 0.333. The maximum Gasteiger partial charge on any atom is 0.521 e. The van der Waals surface area contributed by atoms with E-state index in [1.807, 2.05) is 0 Å². The molecule has 0 aromatic carbocycles. The molecule has 0 aliphatic rings. The van der Waals surface area contributed by atoms with Crippen molar-refractivity contribution in [2.24, 2.45) is 0 Å². The molecule has 0 fully saturated rings. The molecule has 0 spiro atoms. The second kappa shape index (κ2) is 4.91. The molecule has 0 aromatic rings. The second-order valence-corrected chi connectivity index (χ2v) is 2.27. The zero-order valence-corrected chi connectivity index (χ0v) is 5.40. The average molecular weight is 134 g/mol. The molecule has 0 heterocycles. The van der Waals surface area contributed by atoms with Gasteiger partial charge in [0.25, 0.3) is 0 Å². The fraction of sp³-hybridized carbons (Fsp3) is 0.500. The van der Waals surface area contributed by atoms with E-state index in [9.17, 15) is 4.57 Å². The third-order valence-electron chi connectivity index (χ3n) is 0.536. The first-order valence-electron chi connectivity index (χ1n) is 2.22. The summed E-state index contributed by atoms with van der Waals surface area (Å²) < 4.78 is 9.93. The van der Waals surface area contributed by atoms with Crippen molar-refractivity contribution in [3.63, 3.8) is 0 Å². The summed E-state index contributed by atoms with van der Waals surface area (Å²) >= 11 is 0. The van der Waals surface area contributed by atoms with Crippen molar-refractivity contribution in [3.05, 3.63) is 12.7 Å². The van der Waals surface area contributed by atoms with E-state index < -0.39 is 8.03 Å². The van der Waals surface area contributed by atoms with Gasteiger partial charge >= 0.3 is 8.03 Å². The molecule has 8 heavy (non-hydrogen) atoms. The van der Waals surface area contributed by atoms with E-state index in [0.29, 0.717) is 6.54 Å². The Kier molecular flexibility index (Phi) is 4.76. The molecule has 1 atom stereocenters. The lowest BCUT2D eigenvalue weighted by molar-refractivity contribution is 0.498. The number of hydrogen-bond donors (Lipinski definition) is 2. The molecule has 0 rings (SSSR count). The van der Waals surface area contributed by atoms with Crippen LogP contribution in [0.15, 0.2) is 12.7 Å². The fourth-order valence-electron chi connectivity index (χ4n) is 0.262. The molecule has 0 saturated carbocycles. The largest absolute Gasteiger partial charge is 0.521 e. The molecule has 2 N–H and O–H groups in total. The summed E-state index contributed by atoms with van der Waals surface area (Å²) in [6.45, 7) is 4.00. The van der Waals surface area contributed by atoms with Crippen LogP contribution >= 0.6 is 8.03 Å². The Bertz CT molecular complexity index is 94.0. The van der Waals surface area contributed by atoms with Crippen molar-refractivity contribution in [1.29, 1.82) is 0 Å². The van der Waals surface area contributed by atoms with Crippen LogP contribution < -0.4 is 5.32 Å². The van der Waals surface area contributed by atoms with Gasteiger partial charge in [-0.3, -0.25) is 5.32 Å². The lowest BCUT2D eigenvalue weighted by Crippen LogP contribution is -2.11. The molecule has 0 amide bonds. The van der Waals surface area contributed by atoms with Crippen LogP contribution in [0, 0.1) is 0 Å². The molecular weight excluding hydrogens is 125 g/mol. The van der Waals surface area contributed by atoms with Gasteiger partial charge in [-0.25, -0.2) is 0 Å². The molecule has 0 aliphatic carbocycles. The Hall–Kier alpha value is -0.240. The molecule has 0 aliphatic heterocycles. The Balaban J connectivity index is 2.93. The second-order valence-electron chi connectivity index (χ2n) is 1.25. The van der Waals surface area contributed by atoms with Crippen molar-refractivity contribution < 1.29 is 9.46 Å². The minimum Gasteiger partial charge on any atom is -0.270 e. The summed E-state index contributed by atoms with van der Waals surface area (Å²) in [4.78, 5) is 8.19. The van der Waals surface area contributed by atoms with Crippen molar-refractivity contribution in [3.8, 4) is 0 Å². The third-order valence-corrected chi connectivity index (χ3v) is 1.03. The van der Waals surface area contributed by atoms with Gasteiger partial charge in [-0.2, -0.15) is 4.89 Å². The third kappa shape index (κ3) is 5.76. The molecule has 46 valence electrons. The lowest BCUT2D eigenvalue weighted by atomic mass is 10.6. The Morgan fingerprint density at radius 1 is 1.88 bits per heavy atom. The first-order chi connectivity index (χ1) is 3.77. The van der Waals surface area contributed by atoms with Gasteiger partial charge < -0.3 is 0 Å².